The first-order valence-corrected chi connectivity index (χ1v) is 5.02. The topological polar surface area (TPSA) is 55.1 Å². The number of nitrogens with one attached hydrogen (secondary N) is 1. The third-order valence-corrected chi connectivity index (χ3v) is 2.77. The number of primary amides is 1. The van der Waals surface area contributed by atoms with E-state index in [4.69, 9.17) is 5.73 Å². The Labute approximate surface area is 91.6 Å². The molecule has 1 aromatic carbocycles. The van der Waals surface area contributed by atoms with Gasteiger partial charge in [0.25, 0.3) is 0 Å². The van der Waals surface area contributed by atoms with E-state index in [-0.39, 0.29) is 6.54 Å². The molecule has 1 aliphatic rings. The maximum absolute atomic E-state index is 13.0. The third-order valence-electron chi connectivity index (χ3n) is 2.77. The van der Waals surface area contributed by atoms with Crippen LogP contribution < -0.4 is 11.1 Å². The zero-order valence-electron chi connectivity index (χ0n) is 8.59. The Bertz CT molecular complexity index is 410. The fourth-order valence-corrected chi connectivity index (χ4v) is 1.78. The largest absolute Gasteiger partial charge is 0.369 e. The van der Waals surface area contributed by atoms with Crippen LogP contribution in [-0.2, 0) is 10.3 Å². The molecule has 1 saturated carbocycles. The molecule has 0 aromatic heterocycles. The predicted molar refractivity (Wildman–Crippen MR) is 54.5 cm³/mol. The van der Waals surface area contributed by atoms with Crippen molar-refractivity contribution in [3.63, 3.8) is 0 Å². The van der Waals surface area contributed by atoms with Crippen molar-refractivity contribution in [3.05, 3.63) is 35.4 Å². The van der Waals surface area contributed by atoms with Crippen molar-refractivity contribution >= 4 is 5.91 Å². The van der Waals surface area contributed by atoms with Crippen LogP contribution in [0.15, 0.2) is 18.2 Å². The van der Waals surface area contributed by atoms with Gasteiger partial charge in [-0.15, -0.1) is 0 Å². The Morgan fingerprint density at radius 2 is 1.88 bits per heavy atom. The average molecular weight is 226 g/mol. The number of amides is 1. The van der Waals surface area contributed by atoms with Crippen LogP contribution in [0.2, 0.25) is 0 Å². The summed E-state index contributed by atoms with van der Waals surface area (Å²) in [7, 11) is 0. The summed E-state index contributed by atoms with van der Waals surface area (Å²) in [5.74, 6) is -1.70. The normalized spacial score (nSPS) is 17.1. The van der Waals surface area contributed by atoms with Crippen LogP contribution in [0.5, 0.6) is 0 Å². The smallest absolute Gasteiger partial charge is 0.231 e. The molecule has 2 rings (SSSR count). The van der Waals surface area contributed by atoms with Gasteiger partial charge in [0.15, 0.2) is 0 Å². The van der Waals surface area contributed by atoms with E-state index >= 15 is 0 Å². The number of carbonyl (C=O) groups is 1. The molecule has 1 aromatic rings. The molecular weight excluding hydrogens is 214 g/mol. The monoisotopic (exact) mass is 226 g/mol. The molecule has 3 N–H and O–H groups in total. The van der Waals surface area contributed by atoms with Gasteiger partial charge in [-0.25, -0.2) is 8.78 Å². The number of benzene rings is 1. The molecule has 5 heteroatoms. The molecule has 86 valence electrons. The van der Waals surface area contributed by atoms with Crippen molar-refractivity contribution in [3.8, 4) is 0 Å². The van der Waals surface area contributed by atoms with Crippen LogP contribution >= 0.6 is 0 Å². The van der Waals surface area contributed by atoms with Gasteiger partial charge in [0.1, 0.15) is 11.6 Å². The Morgan fingerprint density at radius 3 is 2.31 bits per heavy atom. The summed E-state index contributed by atoms with van der Waals surface area (Å²) in [6, 6.07) is 3.39. The minimum atomic E-state index is -0.609. The van der Waals surface area contributed by atoms with Crippen LogP contribution in [0, 0.1) is 11.6 Å². The number of nitrogens with two attached hydrogens (primary N) is 1. The molecule has 1 aliphatic carbocycles. The lowest BCUT2D eigenvalue weighted by Gasteiger charge is -2.17. The molecular formula is C11H12F2N2O. The fraction of sp³-hybridized carbons (Fsp3) is 0.364. The minimum absolute atomic E-state index is 0.0120. The molecule has 1 fully saturated rings. The molecule has 0 bridgehead atoms. The highest BCUT2D eigenvalue weighted by Gasteiger charge is 2.44. The van der Waals surface area contributed by atoms with E-state index in [0.29, 0.717) is 5.56 Å². The second-order valence-electron chi connectivity index (χ2n) is 4.06. The van der Waals surface area contributed by atoms with Crippen molar-refractivity contribution in [2.24, 2.45) is 5.73 Å². The Balaban J connectivity index is 2.19. The van der Waals surface area contributed by atoms with Gasteiger partial charge in [0, 0.05) is 11.6 Å². The van der Waals surface area contributed by atoms with Crippen LogP contribution in [-0.4, -0.2) is 12.5 Å². The lowest BCUT2D eigenvalue weighted by molar-refractivity contribution is -0.117. The number of hydrogen-bond donors (Lipinski definition) is 2. The number of rotatable bonds is 4. The van der Waals surface area contributed by atoms with E-state index in [2.05, 4.69) is 5.32 Å². The van der Waals surface area contributed by atoms with E-state index in [9.17, 15) is 13.6 Å². The summed E-state index contributed by atoms with van der Waals surface area (Å²) in [4.78, 5) is 10.7. The first kappa shape index (κ1) is 11.0. The van der Waals surface area contributed by atoms with E-state index in [1.807, 2.05) is 0 Å². The van der Waals surface area contributed by atoms with E-state index in [0.717, 1.165) is 18.9 Å². The number of carbonyl (C=O) groups excluding carboxylic acids is 1. The first-order chi connectivity index (χ1) is 7.52. The zero-order valence-corrected chi connectivity index (χ0v) is 8.59. The van der Waals surface area contributed by atoms with E-state index < -0.39 is 23.1 Å². The predicted octanol–water partition coefficient (Wildman–Crippen LogP) is 1.03. The SMILES string of the molecule is NC(=O)CNC1(c2cc(F)cc(F)c2)CC1. The average Bonchev–Trinajstić information content (AvgIpc) is 2.94. The highest BCUT2D eigenvalue weighted by atomic mass is 19.1. The van der Waals surface area contributed by atoms with Crippen molar-refractivity contribution in [1.82, 2.24) is 5.32 Å². The van der Waals surface area contributed by atoms with E-state index in [1.165, 1.54) is 12.1 Å². The summed E-state index contributed by atoms with van der Waals surface area (Å²) >= 11 is 0. The van der Waals surface area contributed by atoms with Crippen LogP contribution in [0.1, 0.15) is 18.4 Å². The zero-order chi connectivity index (χ0) is 11.8. The Kier molecular flexibility index (Phi) is 2.63. The highest BCUT2D eigenvalue weighted by Crippen LogP contribution is 2.45. The summed E-state index contributed by atoms with van der Waals surface area (Å²) in [5, 5.41) is 2.93. The molecule has 0 radical (unpaired) electrons. The Morgan fingerprint density at radius 1 is 1.31 bits per heavy atom. The van der Waals surface area contributed by atoms with Crippen molar-refractivity contribution in [1.29, 1.82) is 0 Å². The van der Waals surface area contributed by atoms with Gasteiger partial charge in [0.2, 0.25) is 5.91 Å². The van der Waals surface area contributed by atoms with E-state index in [1.54, 1.807) is 0 Å². The molecule has 16 heavy (non-hydrogen) atoms. The van der Waals surface area contributed by atoms with Gasteiger partial charge in [-0.1, -0.05) is 0 Å². The van der Waals surface area contributed by atoms with Crippen molar-refractivity contribution in [2.45, 2.75) is 18.4 Å². The number of hydrogen-bond acceptors (Lipinski definition) is 2. The molecule has 3 nitrogen and oxygen atoms in total. The van der Waals surface area contributed by atoms with Gasteiger partial charge in [-0.2, -0.15) is 0 Å². The maximum atomic E-state index is 13.0. The second kappa shape index (κ2) is 3.83. The lowest BCUT2D eigenvalue weighted by Crippen LogP contribution is -2.36. The molecule has 1 amide bonds. The lowest BCUT2D eigenvalue weighted by atomic mass is 10.0. The number of halogens is 2. The first-order valence-electron chi connectivity index (χ1n) is 5.02. The Hall–Kier alpha value is -1.49. The van der Waals surface area contributed by atoms with Crippen LogP contribution in [0.4, 0.5) is 8.78 Å². The van der Waals surface area contributed by atoms with Gasteiger partial charge in [-0.05, 0) is 30.5 Å². The minimum Gasteiger partial charge on any atom is -0.369 e. The fourth-order valence-electron chi connectivity index (χ4n) is 1.78. The molecule has 0 spiro atoms. The van der Waals surface area contributed by atoms with Gasteiger partial charge >= 0.3 is 0 Å². The van der Waals surface area contributed by atoms with Gasteiger partial charge in [-0.3, -0.25) is 10.1 Å². The van der Waals surface area contributed by atoms with Gasteiger partial charge < -0.3 is 5.73 Å². The van der Waals surface area contributed by atoms with Crippen LogP contribution in [0.3, 0.4) is 0 Å². The molecule has 0 atom stereocenters. The summed E-state index contributed by atoms with van der Waals surface area (Å²) in [6.07, 6.45) is 1.51. The summed E-state index contributed by atoms with van der Waals surface area (Å²) < 4.78 is 26.1. The summed E-state index contributed by atoms with van der Waals surface area (Å²) in [6.45, 7) is 0.0120. The third kappa shape index (κ3) is 2.19. The molecule has 0 saturated heterocycles. The van der Waals surface area contributed by atoms with Crippen molar-refractivity contribution < 1.29 is 13.6 Å². The van der Waals surface area contributed by atoms with Crippen molar-refractivity contribution in [2.75, 3.05) is 6.54 Å². The highest BCUT2D eigenvalue weighted by molar-refractivity contribution is 5.76. The maximum Gasteiger partial charge on any atom is 0.231 e. The molecule has 0 aliphatic heterocycles. The van der Waals surface area contributed by atoms with Gasteiger partial charge in [0.05, 0.1) is 6.54 Å². The quantitative estimate of drug-likeness (QED) is 0.805. The molecule has 0 unspecified atom stereocenters. The summed E-state index contributed by atoms with van der Waals surface area (Å²) in [5.41, 5.74) is 5.08. The van der Waals surface area contributed by atoms with Crippen LogP contribution in [0.25, 0.3) is 0 Å². The standard InChI is InChI=1S/C11H12F2N2O/c12-8-3-7(4-9(13)5-8)11(1-2-11)15-6-10(14)16/h3-5,15H,1-2,6H2,(H2,14,16). The second-order valence-corrected chi connectivity index (χ2v) is 4.06. The molecule has 0 heterocycles.